The number of aromatic nitrogens is 1. The molecule has 0 bridgehead atoms. The SMILES string of the molecule is COc1ccccc1CNc1ccc(NC(=O)c2cccc(C)c2)nc1. The molecule has 2 aromatic carbocycles. The van der Waals surface area contributed by atoms with Gasteiger partial charge in [-0.15, -0.1) is 0 Å². The van der Waals surface area contributed by atoms with Gasteiger partial charge in [0.05, 0.1) is 19.0 Å². The van der Waals surface area contributed by atoms with Crippen LogP contribution in [0.3, 0.4) is 0 Å². The molecule has 0 spiro atoms. The molecule has 5 heteroatoms. The van der Waals surface area contributed by atoms with Crippen molar-refractivity contribution in [3.05, 3.63) is 83.6 Å². The molecule has 26 heavy (non-hydrogen) atoms. The number of rotatable bonds is 6. The first-order chi connectivity index (χ1) is 12.7. The van der Waals surface area contributed by atoms with Gasteiger partial charge in [-0.25, -0.2) is 4.98 Å². The van der Waals surface area contributed by atoms with Crippen LogP contribution in [0.25, 0.3) is 0 Å². The van der Waals surface area contributed by atoms with Crippen LogP contribution in [0.5, 0.6) is 5.75 Å². The minimum absolute atomic E-state index is 0.170. The van der Waals surface area contributed by atoms with E-state index in [-0.39, 0.29) is 5.91 Å². The minimum atomic E-state index is -0.170. The van der Waals surface area contributed by atoms with Crippen molar-refractivity contribution in [2.24, 2.45) is 0 Å². The first-order valence-electron chi connectivity index (χ1n) is 8.35. The molecule has 132 valence electrons. The Balaban J connectivity index is 1.60. The molecule has 0 fully saturated rings. The number of ether oxygens (including phenoxy) is 1. The number of aryl methyl sites for hydroxylation is 1. The first kappa shape index (κ1) is 17.5. The van der Waals surface area contributed by atoms with Crippen LogP contribution in [-0.4, -0.2) is 18.0 Å². The van der Waals surface area contributed by atoms with E-state index in [2.05, 4.69) is 15.6 Å². The zero-order valence-electron chi connectivity index (χ0n) is 14.8. The largest absolute Gasteiger partial charge is 0.496 e. The lowest BCUT2D eigenvalue weighted by Gasteiger charge is -2.11. The van der Waals surface area contributed by atoms with E-state index in [1.165, 1.54) is 0 Å². The highest BCUT2D eigenvalue weighted by atomic mass is 16.5. The van der Waals surface area contributed by atoms with Crippen molar-refractivity contribution in [2.45, 2.75) is 13.5 Å². The molecule has 0 radical (unpaired) electrons. The number of nitrogens with zero attached hydrogens (tertiary/aromatic N) is 1. The Morgan fingerprint density at radius 3 is 2.65 bits per heavy atom. The lowest BCUT2D eigenvalue weighted by molar-refractivity contribution is 0.102. The predicted molar refractivity (Wildman–Crippen MR) is 104 cm³/mol. The van der Waals surface area contributed by atoms with E-state index < -0.39 is 0 Å². The van der Waals surface area contributed by atoms with Gasteiger partial charge < -0.3 is 15.4 Å². The van der Waals surface area contributed by atoms with Crippen LogP contribution in [0.1, 0.15) is 21.5 Å². The second-order valence-corrected chi connectivity index (χ2v) is 5.92. The quantitative estimate of drug-likeness (QED) is 0.699. The number of hydrogen-bond acceptors (Lipinski definition) is 4. The summed E-state index contributed by atoms with van der Waals surface area (Å²) in [5.74, 6) is 1.19. The van der Waals surface area contributed by atoms with E-state index in [0.29, 0.717) is 17.9 Å². The standard InChI is InChI=1S/C21H21N3O2/c1-15-6-5-8-16(12-15)21(25)24-20-11-10-18(14-23-20)22-13-17-7-3-4-9-19(17)26-2/h3-12,14,22H,13H2,1-2H3,(H,23,24,25). The summed E-state index contributed by atoms with van der Waals surface area (Å²) < 4.78 is 5.34. The van der Waals surface area contributed by atoms with Gasteiger partial charge in [0.1, 0.15) is 11.6 Å². The number of amides is 1. The van der Waals surface area contributed by atoms with E-state index in [1.54, 1.807) is 25.4 Å². The van der Waals surface area contributed by atoms with Gasteiger partial charge in [0.2, 0.25) is 0 Å². The number of carbonyl (C=O) groups excluding carboxylic acids is 1. The Morgan fingerprint density at radius 1 is 1.08 bits per heavy atom. The lowest BCUT2D eigenvalue weighted by atomic mass is 10.1. The molecule has 0 aliphatic rings. The van der Waals surface area contributed by atoms with Crippen molar-refractivity contribution in [3.8, 4) is 5.75 Å². The number of para-hydroxylation sites is 1. The normalized spacial score (nSPS) is 10.2. The molecule has 2 N–H and O–H groups in total. The highest BCUT2D eigenvalue weighted by Crippen LogP contribution is 2.19. The molecule has 0 saturated carbocycles. The predicted octanol–water partition coefficient (Wildman–Crippen LogP) is 4.26. The fourth-order valence-corrected chi connectivity index (χ4v) is 2.59. The minimum Gasteiger partial charge on any atom is -0.496 e. The molecule has 5 nitrogen and oxygen atoms in total. The highest BCUT2D eigenvalue weighted by molar-refractivity contribution is 6.03. The molecule has 3 rings (SSSR count). The van der Waals surface area contributed by atoms with Crippen molar-refractivity contribution in [1.82, 2.24) is 4.98 Å². The maximum Gasteiger partial charge on any atom is 0.256 e. The molecule has 0 unspecified atom stereocenters. The Bertz CT molecular complexity index is 892. The van der Waals surface area contributed by atoms with Crippen molar-refractivity contribution in [1.29, 1.82) is 0 Å². The summed E-state index contributed by atoms with van der Waals surface area (Å²) in [6, 6.07) is 19.0. The lowest BCUT2D eigenvalue weighted by Crippen LogP contribution is -2.13. The number of pyridine rings is 1. The van der Waals surface area contributed by atoms with Gasteiger partial charge in [0, 0.05) is 17.7 Å². The van der Waals surface area contributed by atoms with E-state index in [1.807, 2.05) is 55.5 Å². The maximum atomic E-state index is 12.3. The topological polar surface area (TPSA) is 63.2 Å². The summed E-state index contributed by atoms with van der Waals surface area (Å²) >= 11 is 0. The molecule has 1 aromatic heterocycles. The summed E-state index contributed by atoms with van der Waals surface area (Å²) in [6.07, 6.45) is 1.70. The molecule has 0 aliphatic carbocycles. The summed E-state index contributed by atoms with van der Waals surface area (Å²) in [5.41, 5.74) is 3.59. The van der Waals surface area contributed by atoms with Crippen LogP contribution in [0.15, 0.2) is 66.9 Å². The molecule has 0 atom stereocenters. The highest BCUT2D eigenvalue weighted by Gasteiger charge is 2.07. The molecule has 1 heterocycles. The molecule has 1 amide bonds. The second kappa shape index (κ2) is 8.16. The smallest absolute Gasteiger partial charge is 0.256 e. The molecule has 3 aromatic rings. The Kier molecular flexibility index (Phi) is 5.49. The van der Waals surface area contributed by atoms with Gasteiger partial charge in [-0.1, -0.05) is 35.9 Å². The summed E-state index contributed by atoms with van der Waals surface area (Å²) in [4.78, 5) is 16.5. The van der Waals surface area contributed by atoms with Crippen molar-refractivity contribution in [3.63, 3.8) is 0 Å². The van der Waals surface area contributed by atoms with E-state index in [9.17, 15) is 4.79 Å². The van der Waals surface area contributed by atoms with Gasteiger partial charge in [-0.2, -0.15) is 0 Å². The molecule has 0 aliphatic heterocycles. The van der Waals surface area contributed by atoms with Crippen molar-refractivity contribution >= 4 is 17.4 Å². The average molecular weight is 347 g/mol. The number of carbonyl (C=O) groups is 1. The summed E-state index contributed by atoms with van der Waals surface area (Å²) in [7, 11) is 1.66. The van der Waals surface area contributed by atoms with Crippen LogP contribution in [0.2, 0.25) is 0 Å². The Hall–Kier alpha value is -3.34. The van der Waals surface area contributed by atoms with E-state index in [4.69, 9.17) is 4.74 Å². The van der Waals surface area contributed by atoms with Crippen LogP contribution in [-0.2, 0) is 6.54 Å². The number of hydrogen-bond donors (Lipinski definition) is 2. The van der Waals surface area contributed by atoms with Crippen molar-refractivity contribution in [2.75, 3.05) is 17.7 Å². The second-order valence-electron chi connectivity index (χ2n) is 5.92. The maximum absolute atomic E-state index is 12.3. The van der Waals surface area contributed by atoms with Gasteiger partial charge in [0.15, 0.2) is 0 Å². The van der Waals surface area contributed by atoms with Gasteiger partial charge in [-0.3, -0.25) is 4.79 Å². The summed E-state index contributed by atoms with van der Waals surface area (Å²) in [6.45, 7) is 2.58. The molecular weight excluding hydrogens is 326 g/mol. The van der Waals surface area contributed by atoms with E-state index in [0.717, 1.165) is 22.6 Å². The molecular formula is C21H21N3O2. The zero-order chi connectivity index (χ0) is 18.4. The zero-order valence-corrected chi connectivity index (χ0v) is 14.8. The molecule has 0 saturated heterocycles. The Labute approximate surface area is 153 Å². The third-order valence-electron chi connectivity index (χ3n) is 3.96. The number of methoxy groups -OCH3 is 1. The van der Waals surface area contributed by atoms with Crippen molar-refractivity contribution < 1.29 is 9.53 Å². The number of nitrogens with one attached hydrogen (secondary N) is 2. The monoisotopic (exact) mass is 347 g/mol. The number of benzene rings is 2. The average Bonchev–Trinajstić information content (AvgIpc) is 2.67. The van der Waals surface area contributed by atoms with Gasteiger partial charge in [-0.05, 0) is 37.3 Å². The fourth-order valence-electron chi connectivity index (χ4n) is 2.59. The van der Waals surface area contributed by atoms with Crippen LogP contribution in [0, 0.1) is 6.92 Å². The van der Waals surface area contributed by atoms with E-state index >= 15 is 0 Å². The third kappa shape index (κ3) is 4.39. The number of anilines is 2. The third-order valence-corrected chi connectivity index (χ3v) is 3.96. The van der Waals surface area contributed by atoms with Gasteiger partial charge in [0.25, 0.3) is 5.91 Å². The van der Waals surface area contributed by atoms with Crippen LogP contribution < -0.4 is 15.4 Å². The fraction of sp³-hybridized carbons (Fsp3) is 0.143. The van der Waals surface area contributed by atoms with Gasteiger partial charge >= 0.3 is 0 Å². The van der Waals surface area contributed by atoms with Crippen LogP contribution >= 0.6 is 0 Å². The summed E-state index contributed by atoms with van der Waals surface area (Å²) in [5, 5.41) is 6.11. The Morgan fingerprint density at radius 2 is 1.92 bits per heavy atom. The van der Waals surface area contributed by atoms with Crippen LogP contribution in [0.4, 0.5) is 11.5 Å². The first-order valence-corrected chi connectivity index (χ1v) is 8.35.